The minimum atomic E-state index is -0.528. The number of hydrogen-bond acceptors (Lipinski definition) is 5. The zero-order chi connectivity index (χ0) is 21.7. The first-order chi connectivity index (χ1) is 14.3. The Bertz CT molecular complexity index is 935. The first-order valence-electron chi connectivity index (χ1n) is 10.0. The van der Waals surface area contributed by atoms with E-state index < -0.39 is 10.8 Å². The molecular weight excluding hydrogens is 384 g/mol. The van der Waals surface area contributed by atoms with Crippen molar-refractivity contribution in [3.05, 3.63) is 69.3 Å². The van der Waals surface area contributed by atoms with Gasteiger partial charge in [-0.15, -0.1) is 0 Å². The van der Waals surface area contributed by atoms with E-state index in [0.29, 0.717) is 11.3 Å². The number of para-hydroxylation sites is 1. The summed E-state index contributed by atoms with van der Waals surface area (Å²) in [6, 6.07) is 12.2. The quantitative estimate of drug-likeness (QED) is 0.537. The van der Waals surface area contributed by atoms with Gasteiger partial charge in [-0.2, -0.15) is 0 Å². The van der Waals surface area contributed by atoms with Crippen LogP contribution in [0.5, 0.6) is 0 Å². The van der Waals surface area contributed by atoms with Crippen molar-refractivity contribution in [3.63, 3.8) is 0 Å². The number of rotatable bonds is 7. The molecule has 2 amide bonds. The number of nitrogens with one attached hydrogen (secondary N) is 1. The van der Waals surface area contributed by atoms with Gasteiger partial charge in [-0.1, -0.05) is 24.3 Å². The second kappa shape index (κ2) is 9.49. The first kappa shape index (κ1) is 21.4. The monoisotopic (exact) mass is 410 g/mol. The maximum Gasteiger partial charge on any atom is 0.285 e. The standard InChI is InChI=1S/C22H26N4O4/c1-15-3-2-4-19(20(15)26(29)30)22(28)24-18-7-5-16(6-8-18)9-12-25-13-10-17(11-14-25)21(23)27/h2-8,17H,9-14H2,1H3,(H2,23,27)(H,24,28). The van der Waals surface area contributed by atoms with E-state index in [4.69, 9.17) is 5.73 Å². The number of primary amides is 1. The van der Waals surface area contributed by atoms with Crippen molar-refractivity contribution in [2.75, 3.05) is 25.0 Å². The Hall–Kier alpha value is -3.26. The first-order valence-corrected chi connectivity index (χ1v) is 10.0. The number of hydrogen-bond donors (Lipinski definition) is 2. The lowest BCUT2D eigenvalue weighted by atomic mass is 9.96. The minimum Gasteiger partial charge on any atom is -0.369 e. The average molecular weight is 410 g/mol. The summed E-state index contributed by atoms with van der Waals surface area (Å²) in [7, 11) is 0. The number of nitrogens with zero attached hydrogens (tertiary/aromatic N) is 2. The number of piperidine rings is 1. The third kappa shape index (κ3) is 5.21. The van der Waals surface area contributed by atoms with Crippen LogP contribution in [0.1, 0.15) is 34.3 Å². The van der Waals surface area contributed by atoms with Crippen molar-refractivity contribution in [3.8, 4) is 0 Å². The minimum absolute atomic E-state index is 0.00614. The van der Waals surface area contributed by atoms with E-state index in [2.05, 4.69) is 10.2 Å². The predicted molar refractivity (Wildman–Crippen MR) is 114 cm³/mol. The summed E-state index contributed by atoms with van der Waals surface area (Å²) in [5.41, 5.74) is 7.41. The second-order valence-electron chi connectivity index (χ2n) is 7.65. The van der Waals surface area contributed by atoms with Crippen LogP contribution in [-0.4, -0.2) is 41.3 Å². The van der Waals surface area contributed by atoms with Crippen LogP contribution in [0.25, 0.3) is 0 Å². The Kier molecular flexibility index (Phi) is 6.79. The zero-order valence-corrected chi connectivity index (χ0v) is 17.0. The van der Waals surface area contributed by atoms with Crippen molar-refractivity contribution in [1.29, 1.82) is 0 Å². The van der Waals surface area contributed by atoms with Crippen molar-refractivity contribution in [2.45, 2.75) is 26.2 Å². The normalized spacial score (nSPS) is 15.0. The average Bonchev–Trinajstić information content (AvgIpc) is 2.73. The molecule has 0 unspecified atom stereocenters. The number of likely N-dealkylation sites (tertiary alicyclic amines) is 1. The molecular formula is C22H26N4O4. The highest BCUT2D eigenvalue weighted by molar-refractivity contribution is 6.07. The molecule has 3 rings (SSSR count). The molecule has 0 atom stereocenters. The van der Waals surface area contributed by atoms with Gasteiger partial charge in [0.05, 0.1) is 4.92 Å². The Morgan fingerprint density at radius 2 is 1.83 bits per heavy atom. The number of carbonyl (C=O) groups is 2. The zero-order valence-electron chi connectivity index (χ0n) is 17.0. The molecule has 2 aromatic rings. The number of benzene rings is 2. The predicted octanol–water partition coefficient (Wildman–Crippen LogP) is 2.90. The number of nitrogens with two attached hydrogens (primary N) is 1. The summed E-state index contributed by atoms with van der Waals surface area (Å²) in [6.07, 6.45) is 2.48. The highest BCUT2D eigenvalue weighted by atomic mass is 16.6. The van der Waals surface area contributed by atoms with Gasteiger partial charge in [0.25, 0.3) is 11.6 Å². The molecule has 0 aliphatic carbocycles. The van der Waals surface area contributed by atoms with Crippen LogP contribution in [-0.2, 0) is 11.2 Å². The molecule has 1 heterocycles. The molecule has 0 radical (unpaired) electrons. The Balaban J connectivity index is 1.55. The van der Waals surface area contributed by atoms with Crippen molar-refractivity contribution in [1.82, 2.24) is 4.90 Å². The summed E-state index contributed by atoms with van der Waals surface area (Å²) in [5.74, 6) is -0.716. The highest BCUT2D eigenvalue weighted by Gasteiger charge is 2.23. The summed E-state index contributed by atoms with van der Waals surface area (Å²) < 4.78 is 0. The molecule has 0 bridgehead atoms. The van der Waals surface area contributed by atoms with E-state index in [9.17, 15) is 19.7 Å². The maximum absolute atomic E-state index is 12.5. The van der Waals surface area contributed by atoms with Gasteiger partial charge in [-0.25, -0.2) is 0 Å². The van der Waals surface area contributed by atoms with Gasteiger partial charge < -0.3 is 16.0 Å². The second-order valence-corrected chi connectivity index (χ2v) is 7.65. The fourth-order valence-electron chi connectivity index (χ4n) is 3.77. The smallest absolute Gasteiger partial charge is 0.285 e. The van der Waals surface area contributed by atoms with E-state index in [1.54, 1.807) is 31.2 Å². The molecule has 8 nitrogen and oxygen atoms in total. The summed E-state index contributed by atoms with van der Waals surface area (Å²) in [4.78, 5) is 36.9. The molecule has 0 spiro atoms. The van der Waals surface area contributed by atoms with Gasteiger partial charge in [-0.05, 0) is 63.0 Å². The third-order valence-corrected chi connectivity index (χ3v) is 5.58. The molecule has 0 saturated carbocycles. The molecule has 1 fully saturated rings. The molecule has 1 aliphatic heterocycles. The fraction of sp³-hybridized carbons (Fsp3) is 0.364. The topological polar surface area (TPSA) is 119 Å². The van der Waals surface area contributed by atoms with Crippen LogP contribution >= 0.6 is 0 Å². The molecule has 8 heteroatoms. The van der Waals surface area contributed by atoms with Crippen LogP contribution in [0.2, 0.25) is 0 Å². The van der Waals surface area contributed by atoms with Gasteiger partial charge in [0.15, 0.2) is 0 Å². The van der Waals surface area contributed by atoms with Gasteiger partial charge in [0.2, 0.25) is 5.91 Å². The van der Waals surface area contributed by atoms with Crippen LogP contribution in [0, 0.1) is 23.0 Å². The Labute approximate surface area is 175 Å². The van der Waals surface area contributed by atoms with Gasteiger partial charge in [0, 0.05) is 23.7 Å². The van der Waals surface area contributed by atoms with Crippen molar-refractivity contribution in [2.24, 2.45) is 11.7 Å². The Morgan fingerprint density at radius 1 is 1.17 bits per heavy atom. The SMILES string of the molecule is Cc1cccc(C(=O)Nc2ccc(CCN3CCC(C(N)=O)CC3)cc2)c1[N+](=O)[O-]. The lowest BCUT2D eigenvalue weighted by molar-refractivity contribution is -0.385. The molecule has 30 heavy (non-hydrogen) atoms. The van der Waals surface area contributed by atoms with Crippen molar-refractivity contribution < 1.29 is 14.5 Å². The number of carbonyl (C=O) groups excluding carboxylic acids is 2. The van der Waals surface area contributed by atoms with E-state index in [-0.39, 0.29) is 23.1 Å². The van der Waals surface area contributed by atoms with Crippen LogP contribution in [0.3, 0.4) is 0 Å². The van der Waals surface area contributed by atoms with E-state index in [1.807, 2.05) is 12.1 Å². The number of nitro groups is 1. The molecule has 3 N–H and O–H groups in total. The van der Waals surface area contributed by atoms with Gasteiger partial charge in [-0.3, -0.25) is 19.7 Å². The highest BCUT2D eigenvalue weighted by Crippen LogP contribution is 2.24. The van der Waals surface area contributed by atoms with Crippen LogP contribution in [0.15, 0.2) is 42.5 Å². The van der Waals surface area contributed by atoms with Gasteiger partial charge in [0.1, 0.15) is 5.56 Å². The number of anilines is 1. The van der Waals surface area contributed by atoms with E-state index in [1.165, 1.54) is 6.07 Å². The summed E-state index contributed by atoms with van der Waals surface area (Å²) >= 11 is 0. The van der Waals surface area contributed by atoms with E-state index >= 15 is 0 Å². The fourth-order valence-corrected chi connectivity index (χ4v) is 3.77. The largest absolute Gasteiger partial charge is 0.369 e. The molecule has 1 saturated heterocycles. The molecule has 158 valence electrons. The summed E-state index contributed by atoms with van der Waals surface area (Å²) in [5, 5.41) is 14.0. The maximum atomic E-state index is 12.5. The Morgan fingerprint density at radius 3 is 2.43 bits per heavy atom. The number of amides is 2. The lowest BCUT2D eigenvalue weighted by Crippen LogP contribution is -2.39. The molecule has 1 aliphatic rings. The third-order valence-electron chi connectivity index (χ3n) is 5.58. The number of nitro benzene ring substituents is 1. The van der Waals surface area contributed by atoms with Crippen LogP contribution in [0.4, 0.5) is 11.4 Å². The number of aryl methyl sites for hydroxylation is 1. The van der Waals surface area contributed by atoms with Crippen molar-refractivity contribution >= 4 is 23.2 Å². The summed E-state index contributed by atoms with van der Waals surface area (Å²) in [6.45, 7) is 4.25. The van der Waals surface area contributed by atoms with E-state index in [0.717, 1.165) is 44.5 Å². The lowest BCUT2D eigenvalue weighted by Gasteiger charge is -2.30. The molecule has 0 aromatic heterocycles. The molecule has 2 aromatic carbocycles. The van der Waals surface area contributed by atoms with Crippen LogP contribution < -0.4 is 11.1 Å². The van der Waals surface area contributed by atoms with Gasteiger partial charge >= 0.3 is 0 Å².